The highest BCUT2D eigenvalue weighted by molar-refractivity contribution is 5.31. The highest BCUT2D eigenvalue weighted by Crippen LogP contribution is 2.43. The van der Waals surface area contributed by atoms with Crippen molar-refractivity contribution in [3.05, 3.63) is 41.7 Å². The Hall–Kier alpha value is -1.38. The van der Waals surface area contributed by atoms with Crippen molar-refractivity contribution in [2.45, 2.75) is 90.9 Å². The molecule has 3 heteroatoms. The predicted molar refractivity (Wildman–Crippen MR) is 116 cm³/mol. The van der Waals surface area contributed by atoms with Gasteiger partial charge >= 0.3 is 0 Å². The molecule has 0 N–H and O–H groups in total. The minimum absolute atomic E-state index is 0.0430. The van der Waals surface area contributed by atoms with E-state index in [9.17, 15) is 8.78 Å². The summed E-state index contributed by atoms with van der Waals surface area (Å²) in [4.78, 5) is 0. The topological polar surface area (TPSA) is 9.23 Å². The van der Waals surface area contributed by atoms with Crippen LogP contribution in [0.15, 0.2) is 24.5 Å². The molecule has 2 fully saturated rings. The zero-order valence-electron chi connectivity index (χ0n) is 18.3. The standard InChI is InChI=1S/C26H38F2O/c1-3-5-19-6-11-21(12-7-19)22-13-8-20(9-14-22)10-15-23-16-17-24(29-18-4-2)26(28)25(23)27/h4,16-22H,3,5-15H2,1-2H3/b18-4+. The van der Waals surface area contributed by atoms with Gasteiger partial charge in [0.15, 0.2) is 11.6 Å². The smallest absolute Gasteiger partial charge is 0.201 e. The van der Waals surface area contributed by atoms with Crippen molar-refractivity contribution in [3.63, 3.8) is 0 Å². The molecule has 0 unspecified atom stereocenters. The normalized spacial score (nSPS) is 28.0. The number of rotatable bonds is 8. The van der Waals surface area contributed by atoms with Gasteiger partial charge in [0, 0.05) is 0 Å². The summed E-state index contributed by atoms with van der Waals surface area (Å²) < 4.78 is 33.6. The molecule has 3 rings (SSSR count). The van der Waals surface area contributed by atoms with Crippen LogP contribution < -0.4 is 4.74 Å². The molecule has 0 radical (unpaired) electrons. The number of hydrogen-bond donors (Lipinski definition) is 0. The summed E-state index contributed by atoms with van der Waals surface area (Å²) in [6, 6.07) is 3.22. The first-order valence-electron chi connectivity index (χ1n) is 11.9. The van der Waals surface area contributed by atoms with Crippen LogP contribution in [0.25, 0.3) is 0 Å². The van der Waals surface area contributed by atoms with Crippen LogP contribution in [0.1, 0.15) is 90.0 Å². The molecule has 0 amide bonds. The second-order valence-corrected chi connectivity index (χ2v) is 9.33. The summed E-state index contributed by atoms with van der Waals surface area (Å²) in [7, 11) is 0. The number of ether oxygens (including phenoxy) is 1. The van der Waals surface area contributed by atoms with Crippen LogP contribution in [0.5, 0.6) is 5.75 Å². The van der Waals surface area contributed by atoms with Crippen molar-refractivity contribution in [2.75, 3.05) is 0 Å². The number of allylic oxidation sites excluding steroid dienone is 1. The highest BCUT2D eigenvalue weighted by atomic mass is 19.2. The number of hydrogen-bond acceptors (Lipinski definition) is 1. The van der Waals surface area contributed by atoms with Gasteiger partial charge in [0.05, 0.1) is 6.26 Å². The summed E-state index contributed by atoms with van der Waals surface area (Å²) in [6.45, 7) is 4.08. The fourth-order valence-electron chi connectivity index (χ4n) is 5.66. The Morgan fingerprint density at radius 1 is 0.862 bits per heavy atom. The first-order valence-corrected chi connectivity index (χ1v) is 11.9. The quantitative estimate of drug-likeness (QED) is 0.397. The Morgan fingerprint density at radius 3 is 2.00 bits per heavy atom. The van der Waals surface area contributed by atoms with Gasteiger partial charge in [-0.25, -0.2) is 4.39 Å². The van der Waals surface area contributed by atoms with Crippen LogP contribution in [-0.4, -0.2) is 0 Å². The van der Waals surface area contributed by atoms with Crippen molar-refractivity contribution in [1.82, 2.24) is 0 Å². The maximum atomic E-state index is 14.4. The van der Waals surface area contributed by atoms with E-state index in [0.29, 0.717) is 17.9 Å². The van der Waals surface area contributed by atoms with Gasteiger partial charge in [0.2, 0.25) is 5.82 Å². The average Bonchev–Trinajstić information content (AvgIpc) is 2.75. The molecule has 0 spiro atoms. The fourth-order valence-corrected chi connectivity index (χ4v) is 5.66. The molecular formula is C26H38F2O. The SMILES string of the molecule is C/C=C/Oc1ccc(CCC2CCC(C3CCC(CCC)CC3)CC2)c(F)c1F. The highest BCUT2D eigenvalue weighted by Gasteiger charge is 2.30. The van der Waals surface area contributed by atoms with Crippen molar-refractivity contribution in [2.24, 2.45) is 23.7 Å². The zero-order valence-corrected chi connectivity index (χ0v) is 18.3. The van der Waals surface area contributed by atoms with Crippen LogP contribution in [0.4, 0.5) is 8.78 Å². The molecule has 1 aromatic carbocycles. The molecule has 0 bridgehead atoms. The van der Waals surface area contributed by atoms with Gasteiger partial charge in [-0.1, -0.05) is 57.6 Å². The third-order valence-corrected chi connectivity index (χ3v) is 7.43. The molecule has 1 aromatic rings. The molecule has 1 nitrogen and oxygen atoms in total. The van der Waals surface area contributed by atoms with Crippen molar-refractivity contribution in [3.8, 4) is 5.75 Å². The molecule has 2 aliphatic carbocycles. The van der Waals surface area contributed by atoms with Crippen molar-refractivity contribution < 1.29 is 13.5 Å². The number of benzene rings is 1. The molecule has 0 saturated heterocycles. The molecule has 0 aromatic heterocycles. The molecule has 0 heterocycles. The molecule has 0 atom stereocenters. The minimum atomic E-state index is -0.872. The van der Waals surface area contributed by atoms with Gasteiger partial charge in [-0.2, -0.15) is 4.39 Å². The third kappa shape index (κ3) is 6.06. The van der Waals surface area contributed by atoms with Gasteiger partial charge in [-0.3, -0.25) is 0 Å². The molecule has 2 aliphatic rings. The molecule has 2 saturated carbocycles. The van der Waals surface area contributed by atoms with E-state index in [0.717, 1.165) is 24.2 Å². The summed E-state index contributed by atoms with van der Waals surface area (Å²) in [5.74, 6) is 1.83. The first-order chi connectivity index (χ1) is 14.1. The largest absolute Gasteiger partial charge is 0.462 e. The van der Waals surface area contributed by atoms with Crippen LogP contribution in [-0.2, 0) is 6.42 Å². The van der Waals surface area contributed by atoms with E-state index in [-0.39, 0.29) is 5.75 Å². The van der Waals surface area contributed by atoms with Crippen LogP contribution in [0.2, 0.25) is 0 Å². The van der Waals surface area contributed by atoms with Gasteiger partial charge in [0.1, 0.15) is 0 Å². The second kappa shape index (κ2) is 11.1. The number of aryl methyl sites for hydroxylation is 1. The van der Waals surface area contributed by atoms with E-state index < -0.39 is 11.6 Å². The Bertz CT molecular complexity index is 653. The fraction of sp³-hybridized carbons (Fsp3) is 0.692. The van der Waals surface area contributed by atoms with E-state index >= 15 is 0 Å². The van der Waals surface area contributed by atoms with E-state index in [1.165, 1.54) is 70.5 Å². The van der Waals surface area contributed by atoms with Crippen LogP contribution in [0, 0.1) is 35.3 Å². The second-order valence-electron chi connectivity index (χ2n) is 9.33. The minimum Gasteiger partial charge on any atom is -0.462 e. The van der Waals surface area contributed by atoms with E-state index in [4.69, 9.17) is 4.74 Å². The Morgan fingerprint density at radius 2 is 1.45 bits per heavy atom. The Balaban J connectivity index is 1.43. The summed E-state index contributed by atoms with van der Waals surface area (Å²) in [5, 5.41) is 0. The molecular weight excluding hydrogens is 366 g/mol. The van der Waals surface area contributed by atoms with E-state index in [2.05, 4.69) is 6.92 Å². The van der Waals surface area contributed by atoms with E-state index in [1.807, 2.05) is 0 Å². The lowest BCUT2D eigenvalue weighted by molar-refractivity contribution is 0.141. The summed E-state index contributed by atoms with van der Waals surface area (Å²) in [5.41, 5.74) is 0.478. The van der Waals surface area contributed by atoms with Crippen LogP contribution in [0.3, 0.4) is 0 Å². The maximum Gasteiger partial charge on any atom is 0.201 e. The molecule has 162 valence electrons. The predicted octanol–water partition coefficient (Wildman–Crippen LogP) is 8.22. The maximum absolute atomic E-state index is 14.4. The Labute approximate surface area is 175 Å². The van der Waals surface area contributed by atoms with Gasteiger partial charge in [0.25, 0.3) is 0 Å². The van der Waals surface area contributed by atoms with Gasteiger partial charge in [-0.15, -0.1) is 0 Å². The lowest BCUT2D eigenvalue weighted by Crippen LogP contribution is -2.26. The number of halogens is 2. The Kier molecular flexibility index (Phi) is 8.56. The van der Waals surface area contributed by atoms with Crippen molar-refractivity contribution >= 4 is 0 Å². The van der Waals surface area contributed by atoms with Gasteiger partial charge in [-0.05, 0) is 80.8 Å². The van der Waals surface area contributed by atoms with E-state index in [1.54, 1.807) is 25.1 Å². The summed E-state index contributed by atoms with van der Waals surface area (Å²) >= 11 is 0. The lowest BCUT2D eigenvalue weighted by atomic mass is 9.68. The average molecular weight is 405 g/mol. The third-order valence-electron chi connectivity index (χ3n) is 7.43. The van der Waals surface area contributed by atoms with Gasteiger partial charge < -0.3 is 4.74 Å². The lowest BCUT2D eigenvalue weighted by Gasteiger charge is -2.38. The summed E-state index contributed by atoms with van der Waals surface area (Å²) in [6.07, 6.45) is 18.3. The van der Waals surface area contributed by atoms with Crippen LogP contribution >= 0.6 is 0 Å². The first kappa shape index (κ1) is 22.3. The molecule has 0 aliphatic heterocycles. The van der Waals surface area contributed by atoms with Crippen molar-refractivity contribution in [1.29, 1.82) is 0 Å². The monoisotopic (exact) mass is 404 g/mol. The molecule has 29 heavy (non-hydrogen) atoms. The zero-order chi connectivity index (χ0) is 20.6.